The first-order valence-corrected chi connectivity index (χ1v) is 45.4. The molecule has 0 atom stereocenters. The summed E-state index contributed by atoms with van der Waals surface area (Å²) in [5.74, 6) is 0. The third-order valence-electron chi connectivity index (χ3n) is 18.7. The van der Waals surface area contributed by atoms with E-state index in [0.29, 0.717) is 0 Å². The SMILES string of the molecule is Brc1ccc(Br)cc1.CCCCCCCCCCc1ccc(-c2ccc(-c3ccc(-c4ccc(-c5ccc(-c6ccc(-c7ccc(CCCCCCCCCC)s7)s6)s5)cc4)s3)s2)s1.CCCCCCCCCCc1ccc(-c2ccc(-c3ccc(B4OC(C)(C)C(C)(C)O4)s3)s2)s1. The second-order valence-electron chi connectivity index (χ2n) is 27.1. The summed E-state index contributed by atoms with van der Waals surface area (Å²) in [6.07, 6.45) is 36.9. The van der Waals surface area contributed by atoms with Gasteiger partial charge in [0.1, 0.15) is 0 Å². The van der Waals surface area contributed by atoms with E-state index in [1.807, 2.05) is 115 Å². The van der Waals surface area contributed by atoms with Crippen LogP contribution in [0.25, 0.3) is 79.4 Å². The number of unbranched alkanes of at least 4 members (excludes halogenated alkanes) is 21. The average molecular weight is 1600 g/mol. The van der Waals surface area contributed by atoms with Gasteiger partial charge in [-0.05, 0) is 205 Å². The fraction of sp³-hybridized carbons (Fsp3) is 0.429. The summed E-state index contributed by atoms with van der Waals surface area (Å²) in [7, 11) is -0.278. The molecule has 10 heterocycles. The molecule has 1 saturated heterocycles. The van der Waals surface area contributed by atoms with Crippen LogP contribution in [-0.4, -0.2) is 18.3 Å². The van der Waals surface area contributed by atoms with Crippen LogP contribution in [0.15, 0.2) is 167 Å². The molecular weight excluding hydrogens is 1500 g/mol. The lowest BCUT2D eigenvalue weighted by atomic mass is 9.88. The van der Waals surface area contributed by atoms with Gasteiger partial charge in [-0.3, -0.25) is 0 Å². The molecule has 2 aromatic carbocycles. The van der Waals surface area contributed by atoms with Gasteiger partial charge in [-0.15, -0.1) is 102 Å². The highest BCUT2D eigenvalue weighted by atomic mass is 79.9. The first kappa shape index (κ1) is 77.3. The molecule has 1 aliphatic rings. The van der Waals surface area contributed by atoms with Crippen molar-refractivity contribution in [2.24, 2.45) is 0 Å². The second kappa shape index (κ2) is 40.1. The van der Waals surface area contributed by atoms with Crippen molar-refractivity contribution < 1.29 is 9.31 Å². The summed E-state index contributed by atoms with van der Waals surface area (Å²) in [6, 6.07) is 58.6. The van der Waals surface area contributed by atoms with Crippen LogP contribution in [0, 0.1) is 0 Å². The molecule has 1 aliphatic heterocycles. The minimum atomic E-state index is -0.302. The predicted molar refractivity (Wildman–Crippen MR) is 454 cm³/mol. The number of rotatable bonds is 36. The van der Waals surface area contributed by atoms with Crippen LogP contribution in [0.4, 0.5) is 0 Å². The molecule has 14 heteroatoms. The maximum Gasteiger partial charge on any atom is 0.505 e. The molecule has 0 N–H and O–H groups in total. The Bertz CT molecular complexity index is 3850. The number of aryl methyl sites for hydroxylation is 3. The van der Waals surface area contributed by atoms with Crippen LogP contribution >= 0.6 is 134 Å². The van der Waals surface area contributed by atoms with Crippen LogP contribution in [0.1, 0.15) is 217 Å². The molecule has 98 heavy (non-hydrogen) atoms. The molecule has 11 aromatic rings. The van der Waals surface area contributed by atoms with E-state index in [1.54, 1.807) is 11.3 Å². The Balaban J connectivity index is 0.000000208. The van der Waals surface area contributed by atoms with Crippen molar-refractivity contribution in [2.45, 2.75) is 233 Å². The van der Waals surface area contributed by atoms with Crippen LogP contribution in [0.3, 0.4) is 0 Å². The van der Waals surface area contributed by atoms with Crippen molar-refractivity contribution in [3.05, 3.63) is 181 Å². The molecule has 520 valence electrons. The zero-order chi connectivity index (χ0) is 68.5. The molecule has 0 bridgehead atoms. The van der Waals surface area contributed by atoms with Gasteiger partial charge in [0, 0.05) is 96.6 Å². The molecule has 12 rings (SSSR count). The third-order valence-corrected chi connectivity index (χ3v) is 31.0. The molecule has 9 aromatic heterocycles. The summed E-state index contributed by atoms with van der Waals surface area (Å²) < 4.78 is 15.8. The first-order chi connectivity index (χ1) is 47.7. The molecule has 0 radical (unpaired) electrons. The minimum Gasteiger partial charge on any atom is -0.399 e. The molecule has 0 unspecified atom stereocenters. The maximum atomic E-state index is 6.24. The van der Waals surface area contributed by atoms with Crippen molar-refractivity contribution in [3.63, 3.8) is 0 Å². The van der Waals surface area contributed by atoms with Gasteiger partial charge in [0.15, 0.2) is 0 Å². The Morgan fingerprint density at radius 3 is 0.776 bits per heavy atom. The Kier molecular flexibility index (Phi) is 31.6. The smallest absolute Gasteiger partial charge is 0.399 e. The van der Waals surface area contributed by atoms with E-state index in [1.165, 1.54) is 267 Å². The Morgan fingerprint density at radius 2 is 0.480 bits per heavy atom. The molecule has 0 saturated carbocycles. The van der Waals surface area contributed by atoms with E-state index in [0.717, 1.165) is 13.7 Å². The molecule has 0 aliphatic carbocycles. The predicted octanol–water partition coefficient (Wildman–Crippen LogP) is 31.8. The van der Waals surface area contributed by atoms with Gasteiger partial charge in [-0.25, -0.2) is 0 Å². The van der Waals surface area contributed by atoms with Crippen LogP contribution in [0.2, 0.25) is 0 Å². The third kappa shape index (κ3) is 23.3. The van der Waals surface area contributed by atoms with Crippen molar-refractivity contribution >= 4 is 146 Å². The van der Waals surface area contributed by atoms with Gasteiger partial charge in [0.2, 0.25) is 0 Å². The van der Waals surface area contributed by atoms with Crippen LogP contribution in [-0.2, 0) is 28.6 Å². The largest absolute Gasteiger partial charge is 0.505 e. The highest BCUT2D eigenvalue weighted by Gasteiger charge is 2.52. The quantitative estimate of drug-likeness (QED) is 0.0288. The van der Waals surface area contributed by atoms with E-state index in [9.17, 15) is 0 Å². The standard InChI is InChI=1S/C50H58S6.C28H39BO2S3.C6H4Br2/c1-3-5-7-9-11-13-15-17-19-39-25-27-43(51-39)45-33-35-49(55-45)47-31-29-41(53-47)37-21-23-38(24-22-37)42-30-32-48(54-42)50-36-34-46(56-50)44-28-26-40(52-44)20-18-16-14-12-10-8-6-4-2;1-6-7-8-9-10-11-12-13-14-21-15-16-22(32-21)23-17-18-24(33-23)25-19-20-26(34-25)29-30-27(2,3)28(4,5)31-29;7-5-1-2-6(8)4-3-5/h21-36H,3-20H2,1-2H3;15-20H,6-14H2,1-5H3;1-4H. The lowest BCUT2D eigenvalue weighted by Crippen LogP contribution is -2.41. The topological polar surface area (TPSA) is 18.5 Å². The van der Waals surface area contributed by atoms with E-state index in [4.69, 9.17) is 9.31 Å². The van der Waals surface area contributed by atoms with E-state index < -0.39 is 0 Å². The zero-order valence-corrected chi connectivity index (χ0v) is 69.4. The van der Waals surface area contributed by atoms with Gasteiger partial charge in [0.25, 0.3) is 0 Å². The van der Waals surface area contributed by atoms with Crippen molar-refractivity contribution in [1.29, 1.82) is 0 Å². The molecular formula is C84H101BBr2O2S9. The fourth-order valence-corrected chi connectivity index (χ4v) is 22.3. The summed E-state index contributed by atoms with van der Waals surface area (Å²) in [5.41, 5.74) is 1.98. The second-order valence-corrected chi connectivity index (χ2v) is 39.0. The highest BCUT2D eigenvalue weighted by molar-refractivity contribution is 9.11. The van der Waals surface area contributed by atoms with Gasteiger partial charge in [-0.2, -0.15) is 0 Å². The number of benzene rings is 2. The lowest BCUT2D eigenvalue weighted by Gasteiger charge is -2.32. The number of hydrogen-bond donors (Lipinski definition) is 0. The van der Waals surface area contributed by atoms with Crippen molar-refractivity contribution in [3.8, 4) is 79.4 Å². The van der Waals surface area contributed by atoms with E-state index in [-0.39, 0.29) is 18.3 Å². The summed E-state index contributed by atoms with van der Waals surface area (Å²) in [4.78, 5) is 23.7. The van der Waals surface area contributed by atoms with E-state index in [2.05, 4.69) is 214 Å². The normalized spacial score (nSPS) is 13.3. The average Bonchev–Trinajstić information content (AvgIpc) is 1.62. The Labute approximate surface area is 642 Å². The van der Waals surface area contributed by atoms with Crippen molar-refractivity contribution in [1.82, 2.24) is 0 Å². The molecule has 2 nitrogen and oxygen atoms in total. The maximum absolute atomic E-state index is 6.24. The van der Waals surface area contributed by atoms with Gasteiger partial charge >= 0.3 is 7.12 Å². The van der Waals surface area contributed by atoms with Gasteiger partial charge < -0.3 is 9.31 Å². The van der Waals surface area contributed by atoms with Crippen molar-refractivity contribution in [2.75, 3.05) is 0 Å². The van der Waals surface area contributed by atoms with Crippen LogP contribution < -0.4 is 4.78 Å². The number of halogens is 2. The summed E-state index contributed by atoms with van der Waals surface area (Å²) in [6.45, 7) is 15.3. The minimum absolute atomic E-state index is 0.278. The number of hydrogen-bond acceptors (Lipinski definition) is 11. The molecule has 0 spiro atoms. The highest BCUT2D eigenvalue weighted by Crippen LogP contribution is 2.46. The van der Waals surface area contributed by atoms with Gasteiger partial charge in [-0.1, -0.05) is 218 Å². The van der Waals surface area contributed by atoms with E-state index >= 15 is 0 Å². The first-order valence-electron chi connectivity index (χ1n) is 36.5. The monoisotopic (exact) mass is 1600 g/mol. The Hall–Kier alpha value is -3.32. The van der Waals surface area contributed by atoms with Gasteiger partial charge in [0.05, 0.1) is 11.2 Å². The molecule has 1 fully saturated rings. The lowest BCUT2D eigenvalue weighted by molar-refractivity contribution is 0.00578. The molecule has 0 amide bonds. The Morgan fingerprint density at radius 1 is 0.255 bits per heavy atom. The summed E-state index contributed by atoms with van der Waals surface area (Å²) >= 11 is 24.0. The van der Waals surface area contributed by atoms with Crippen LogP contribution in [0.5, 0.6) is 0 Å². The zero-order valence-electron chi connectivity index (χ0n) is 58.9. The fourth-order valence-electron chi connectivity index (χ4n) is 12.1. The summed E-state index contributed by atoms with van der Waals surface area (Å²) in [5, 5.41) is 0. The number of thiophene rings is 9.